The Labute approximate surface area is 161 Å². The minimum atomic E-state index is -2.93. The van der Waals surface area contributed by atoms with Crippen LogP contribution in [0.1, 0.15) is 27.2 Å². The topological polar surface area (TPSA) is 102 Å². The van der Waals surface area contributed by atoms with Gasteiger partial charge in [0, 0.05) is 42.9 Å². The average Bonchev–Trinajstić information content (AvgIpc) is 2.61. The first-order chi connectivity index (χ1) is 12.6. The number of rotatable bonds is 5. The third-order valence-electron chi connectivity index (χ3n) is 6.05. The van der Waals surface area contributed by atoms with Gasteiger partial charge >= 0.3 is 0 Å². The third kappa shape index (κ3) is 3.70. The summed E-state index contributed by atoms with van der Waals surface area (Å²) < 4.78 is 28.9. The molecule has 1 saturated carbocycles. The molecule has 2 fully saturated rings. The highest BCUT2D eigenvalue weighted by molar-refractivity contribution is 7.91. The number of hydrogen-bond acceptors (Lipinski definition) is 6. The summed E-state index contributed by atoms with van der Waals surface area (Å²) in [5.74, 6) is 0.0900. The zero-order valence-corrected chi connectivity index (χ0v) is 17.0. The number of sulfone groups is 1. The predicted octanol–water partition coefficient (Wildman–Crippen LogP) is 1.39. The molecule has 8 heteroatoms. The van der Waals surface area contributed by atoms with Crippen LogP contribution in [0.25, 0.3) is 0 Å². The molecule has 2 aliphatic rings. The normalized spacial score (nSPS) is 29.0. The molecule has 1 aliphatic carbocycles. The van der Waals surface area contributed by atoms with E-state index in [0.29, 0.717) is 31.8 Å². The fourth-order valence-electron chi connectivity index (χ4n) is 3.81. The molecule has 1 aromatic rings. The van der Waals surface area contributed by atoms with E-state index in [1.807, 2.05) is 49.9 Å². The first-order valence-electron chi connectivity index (χ1n) is 9.36. The summed E-state index contributed by atoms with van der Waals surface area (Å²) in [4.78, 5) is 14.9. The fourth-order valence-corrected chi connectivity index (χ4v) is 5.02. The summed E-state index contributed by atoms with van der Waals surface area (Å²) in [7, 11) is -2.93. The molecule has 1 saturated heterocycles. The van der Waals surface area contributed by atoms with Crippen molar-refractivity contribution in [1.29, 1.82) is 0 Å². The van der Waals surface area contributed by atoms with Crippen LogP contribution < -0.4 is 16.0 Å². The lowest BCUT2D eigenvalue weighted by atomic mass is 9.54. The highest BCUT2D eigenvalue weighted by atomic mass is 32.2. The largest absolute Gasteiger partial charge is 0.378 e. The third-order valence-corrected chi connectivity index (χ3v) is 7.66. The molecule has 0 spiro atoms. The molecule has 150 valence electrons. The van der Waals surface area contributed by atoms with E-state index in [9.17, 15) is 13.2 Å². The van der Waals surface area contributed by atoms with Crippen LogP contribution in [0.2, 0.25) is 0 Å². The molecule has 1 aliphatic heterocycles. The molecule has 1 amide bonds. The molecule has 27 heavy (non-hydrogen) atoms. The van der Waals surface area contributed by atoms with Gasteiger partial charge in [-0.15, -0.1) is 0 Å². The van der Waals surface area contributed by atoms with Gasteiger partial charge in [-0.3, -0.25) is 4.79 Å². The minimum absolute atomic E-state index is 0.0279. The van der Waals surface area contributed by atoms with Crippen LogP contribution in [0.5, 0.6) is 0 Å². The Kier molecular flexibility index (Phi) is 5.26. The Balaban J connectivity index is 1.69. The molecule has 2 atom stereocenters. The Hall–Kier alpha value is -1.64. The fraction of sp³-hybridized carbons (Fsp3) is 0.632. The second kappa shape index (κ2) is 7.07. The van der Waals surface area contributed by atoms with Crippen molar-refractivity contribution in [2.24, 2.45) is 11.1 Å². The lowest BCUT2D eigenvalue weighted by Crippen LogP contribution is -2.74. The van der Waals surface area contributed by atoms with Gasteiger partial charge in [0.1, 0.15) is 5.54 Å². The standard InChI is InChI=1S/C19H29N3O4S/c1-4-26-16-13-19(20,18(16,2)3)17(23)21-14-6-5-7-15(12-14)22-8-10-27(24,25)11-9-22/h5-7,12,16H,4,8-11,13,20H2,1-3H3,(H,21,23). The van der Waals surface area contributed by atoms with Gasteiger partial charge in [-0.1, -0.05) is 19.9 Å². The second-order valence-electron chi connectivity index (χ2n) is 7.98. The summed E-state index contributed by atoms with van der Waals surface area (Å²) in [6.07, 6.45) is 0.462. The van der Waals surface area contributed by atoms with E-state index >= 15 is 0 Å². The Morgan fingerprint density at radius 2 is 2.00 bits per heavy atom. The van der Waals surface area contributed by atoms with Gasteiger partial charge in [0.25, 0.3) is 0 Å². The molecule has 3 N–H and O–H groups in total. The number of anilines is 2. The molecule has 0 radical (unpaired) electrons. The number of carbonyl (C=O) groups is 1. The summed E-state index contributed by atoms with van der Waals surface area (Å²) in [5.41, 5.74) is 6.55. The summed E-state index contributed by atoms with van der Waals surface area (Å²) in [6.45, 7) is 7.37. The van der Waals surface area contributed by atoms with Gasteiger partial charge in [-0.05, 0) is 25.1 Å². The summed E-state index contributed by atoms with van der Waals surface area (Å²) in [5, 5.41) is 2.93. The number of nitrogens with zero attached hydrogens (tertiary/aromatic N) is 1. The zero-order chi connectivity index (χ0) is 19.9. The van der Waals surface area contributed by atoms with Crippen LogP contribution in [-0.4, -0.2) is 57.2 Å². The molecule has 2 unspecified atom stereocenters. The van der Waals surface area contributed by atoms with Crippen LogP contribution in [0.4, 0.5) is 11.4 Å². The Morgan fingerprint density at radius 1 is 1.33 bits per heavy atom. The van der Waals surface area contributed by atoms with E-state index in [1.54, 1.807) is 0 Å². The maximum atomic E-state index is 12.9. The Morgan fingerprint density at radius 3 is 2.59 bits per heavy atom. The van der Waals surface area contributed by atoms with Crippen molar-refractivity contribution in [2.75, 3.05) is 41.4 Å². The van der Waals surface area contributed by atoms with Crippen molar-refractivity contribution in [1.82, 2.24) is 0 Å². The van der Waals surface area contributed by atoms with Gasteiger partial charge in [-0.25, -0.2) is 8.42 Å². The van der Waals surface area contributed by atoms with E-state index in [2.05, 4.69) is 5.32 Å². The SMILES string of the molecule is CCOC1CC(N)(C(=O)Nc2cccc(N3CCS(=O)(=O)CC3)c2)C1(C)C. The molecule has 0 aromatic heterocycles. The summed E-state index contributed by atoms with van der Waals surface area (Å²) >= 11 is 0. The van der Waals surface area contributed by atoms with E-state index in [1.165, 1.54) is 0 Å². The predicted molar refractivity (Wildman–Crippen MR) is 107 cm³/mol. The second-order valence-corrected chi connectivity index (χ2v) is 10.3. The quantitative estimate of drug-likeness (QED) is 0.781. The number of carbonyl (C=O) groups excluding carboxylic acids is 1. The summed E-state index contributed by atoms with van der Waals surface area (Å²) in [6, 6.07) is 7.46. The number of amides is 1. The van der Waals surface area contributed by atoms with E-state index < -0.39 is 20.8 Å². The van der Waals surface area contributed by atoms with Gasteiger partial charge in [0.2, 0.25) is 5.91 Å². The Bertz CT molecular complexity index is 810. The molecule has 7 nitrogen and oxygen atoms in total. The van der Waals surface area contributed by atoms with Crippen LogP contribution in [0, 0.1) is 5.41 Å². The first kappa shape index (κ1) is 20.1. The highest BCUT2D eigenvalue weighted by Crippen LogP contribution is 2.50. The number of nitrogens with one attached hydrogen (secondary N) is 1. The number of hydrogen-bond donors (Lipinski definition) is 2. The lowest BCUT2D eigenvalue weighted by Gasteiger charge is -2.57. The smallest absolute Gasteiger partial charge is 0.245 e. The van der Waals surface area contributed by atoms with E-state index in [-0.39, 0.29) is 23.5 Å². The lowest BCUT2D eigenvalue weighted by molar-refractivity contribution is -0.166. The minimum Gasteiger partial charge on any atom is -0.378 e. The average molecular weight is 396 g/mol. The molecule has 1 aromatic carbocycles. The van der Waals surface area contributed by atoms with E-state index in [0.717, 1.165) is 5.69 Å². The monoisotopic (exact) mass is 395 g/mol. The highest BCUT2D eigenvalue weighted by Gasteiger charge is 2.62. The van der Waals surface area contributed by atoms with Crippen molar-refractivity contribution in [3.05, 3.63) is 24.3 Å². The van der Waals surface area contributed by atoms with Crippen LogP contribution in [0.15, 0.2) is 24.3 Å². The van der Waals surface area contributed by atoms with Crippen molar-refractivity contribution in [3.8, 4) is 0 Å². The van der Waals surface area contributed by atoms with Gasteiger partial charge in [0.05, 0.1) is 17.6 Å². The molecular weight excluding hydrogens is 366 g/mol. The zero-order valence-electron chi connectivity index (χ0n) is 16.2. The maximum Gasteiger partial charge on any atom is 0.245 e. The van der Waals surface area contributed by atoms with Crippen molar-refractivity contribution < 1.29 is 17.9 Å². The van der Waals surface area contributed by atoms with Gasteiger partial charge in [-0.2, -0.15) is 0 Å². The molecule has 3 rings (SSSR count). The first-order valence-corrected chi connectivity index (χ1v) is 11.2. The van der Waals surface area contributed by atoms with Crippen molar-refractivity contribution in [2.45, 2.75) is 38.8 Å². The number of ether oxygens (including phenoxy) is 1. The molecule has 0 bridgehead atoms. The van der Waals surface area contributed by atoms with Gasteiger partial charge in [0.15, 0.2) is 9.84 Å². The van der Waals surface area contributed by atoms with Crippen molar-refractivity contribution >= 4 is 27.1 Å². The molecular formula is C19H29N3O4S. The molecule has 1 heterocycles. The number of benzene rings is 1. The van der Waals surface area contributed by atoms with Crippen LogP contribution in [0.3, 0.4) is 0 Å². The van der Waals surface area contributed by atoms with E-state index in [4.69, 9.17) is 10.5 Å². The van der Waals surface area contributed by atoms with Gasteiger partial charge < -0.3 is 20.7 Å². The number of nitrogens with two attached hydrogens (primary N) is 1. The van der Waals surface area contributed by atoms with Crippen LogP contribution in [-0.2, 0) is 19.4 Å². The van der Waals surface area contributed by atoms with Crippen molar-refractivity contribution in [3.63, 3.8) is 0 Å². The maximum absolute atomic E-state index is 12.9. The van der Waals surface area contributed by atoms with Crippen LogP contribution >= 0.6 is 0 Å².